The SMILES string of the molecule is Cc1cc(C)c(NC(=O)CNS(=O)(=O)N(C)C2CCCCC2)c(C)c1. The van der Waals surface area contributed by atoms with E-state index in [0.717, 1.165) is 54.5 Å². The van der Waals surface area contributed by atoms with Crippen LogP contribution in [0.5, 0.6) is 0 Å². The van der Waals surface area contributed by atoms with Gasteiger partial charge in [0.25, 0.3) is 10.2 Å². The number of hydrogen-bond acceptors (Lipinski definition) is 3. The molecule has 2 rings (SSSR count). The zero-order chi connectivity index (χ0) is 18.6. The number of nitrogens with zero attached hydrogens (tertiary/aromatic N) is 1. The topological polar surface area (TPSA) is 78.5 Å². The number of amides is 1. The van der Waals surface area contributed by atoms with Crippen LogP contribution >= 0.6 is 0 Å². The van der Waals surface area contributed by atoms with E-state index in [1.54, 1.807) is 7.05 Å². The van der Waals surface area contributed by atoms with Crippen LogP contribution in [0.15, 0.2) is 12.1 Å². The minimum absolute atomic E-state index is 0.0240. The average Bonchev–Trinajstić information content (AvgIpc) is 2.56. The molecule has 1 aromatic carbocycles. The minimum Gasteiger partial charge on any atom is -0.324 e. The van der Waals surface area contributed by atoms with Crippen LogP contribution in [0.3, 0.4) is 0 Å². The van der Waals surface area contributed by atoms with Gasteiger partial charge in [0.15, 0.2) is 0 Å². The molecule has 1 saturated carbocycles. The van der Waals surface area contributed by atoms with Gasteiger partial charge in [0.2, 0.25) is 5.91 Å². The standard InChI is InChI=1S/C18H29N3O3S/c1-13-10-14(2)18(15(3)11-13)20-17(22)12-19-25(23,24)21(4)16-8-6-5-7-9-16/h10-11,16,19H,5-9,12H2,1-4H3,(H,20,22). The fourth-order valence-corrected chi connectivity index (χ4v) is 4.58. The molecule has 7 heteroatoms. The summed E-state index contributed by atoms with van der Waals surface area (Å²) in [4.78, 5) is 12.2. The number of nitrogens with one attached hydrogen (secondary N) is 2. The van der Waals surface area contributed by atoms with Crippen LogP contribution in [0.1, 0.15) is 48.8 Å². The molecule has 1 aliphatic rings. The molecule has 0 atom stereocenters. The van der Waals surface area contributed by atoms with Crippen LogP contribution in [0.25, 0.3) is 0 Å². The number of rotatable bonds is 6. The monoisotopic (exact) mass is 367 g/mol. The van der Waals surface area contributed by atoms with Gasteiger partial charge in [-0.2, -0.15) is 17.4 Å². The Morgan fingerprint density at radius 3 is 2.24 bits per heavy atom. The van der Waals surface area contributed by atoms with E-state index in [0.29, 0.717) is 0 Å². The van der Waals surface area contributed by atoms with Gasteiger partial charge in [0, 0.05) is 18.8 Å². The second-order valence-electron chi connectivity index (χ2n) is 6.96. The highest BCUT2D eigenvalue weighted by molar-refractivity contribution is 7.87. The summed E-state index contributed by atoms with van der Waals surface area (Å²) in [5.74, 6) is -0.365. The molecule has 0 aliphatic heterocycles. The molecule has 1 fully saturated rings. The van der Waals surface area contributed by atoms with Gasteiger partial charge in [-0.25, -0.2) is 0 Å². The lowest BCUT2D eigenvalue weighted by Crippen LogP contribution is -2.46. The Morgan fingerprint density at radius 1 is 1.12 bits per heavy atom. The van der Waals surface area contributed by atoms with E-state index in [9.17, 15) is 13.2 Å². The van der Waals surface area contributed by atoms with Crippen molar-refractivity contribution in [2.24, 2.45) is 0 Å². The maximum atomic E-state index is 12.4. The Labute approximate surface area is 151 Å². The molecule has 140 valence electrons. The van der Waals surface area contributed by atoms with E-state index >= 15 is 0 Å². The van der Waals surface area contributed by atoms with Crippen LogP contribution in [-0.2, 0) is 15.0 Å². The molecule has 0 heterocycles. The van der Waals surface area contributed by atoms with Crippen molar-refractivity contribution in [3.63, 3.8) is 0 Å². The van der Waals surface area contributed by atoms with E-state index in [-0.39, 0.29) is 18.5 Å². The number of hydrogen-bond donors (Lipinski definition) is 2. The van der Waals surface area contributed by atoms with Crippen LogP contribution in [0.4, 0.5) is 5.69 Å². The van der Waals surface area contributed by atoms with Gasteiger partial charge in [0.1, 0.15) is 0 Å². The van der Waals surface area contributed by atoms with Crippen LogP contribution in [-0.4, -0.2) is 38.3 Å². The smallest absolute Gasteiger partial charge is 0.279 e. The molecule has 1 amide bonds. The molecule has 2 N–H and O–H groups in total. The van der Waals surface area contributed by atoms with Gasteiger partial charge in [-0.05, 0) is 44.7 Å². The van der Waals surface area contributed by atoms with Crippen molar-refractivity contribution in [1.29, 1.82) is 0 Å². The Balaban J connectivity index is 1.95. The third-order valence-electron chi connectivity index (χ3n) is 4.82. The summed E-state index contributed by atoms with van der Waals surface area (Å²) in [5.41, 5.74) is 3.80. The predicted octanol–water partition coefficient (Wildman–Crippen LogP) is 2.65. The van der Waals surface area contributed by atoms with Crippen LogP contribution in [0, 0.1) is 20.8 Å². The molecule has 0 spiro atoms. The second-order valence-corrected chi connectivity index (χ2v) is 8.77. The first-order valence-electron chi connectivity index (χ1n) is 8.81. The Morgan fingerprint density at radius 2 is 1.68 bits per heavy atom. The minimum atomic E-state index is -3.65. The highest BCUT2D eigenvalue weighted by Gasteiger charge is 2.27. The van der Waals surface area contributed by atoms with Crippen molar-refractivity contribution in [3.05, 3.63) is 28.8 Å². The highest BCUT2D eigenvalue weighted by atomic mass is 32.2. The van der Waals surface area contributed by atoms with Crippen molar-refractivity contribution in [2.45, 2.75) is 58.9 Å². The van der Waals surface area contributed by atoms with Crippen molar-refractivity contribution < 1.29 is 13.2 Å². The van der Waals surface area contributed by atoms with Gasteiger partial charge >= 0.3 is 0 Å². The number of anilines is 1. The quantitative estimate of drug-likeness (QED) is 0.811. The lowest BCUT2D eigenvalue weighted by atomic mass is 9.96. The molecule has 1 aromatic rings. The first-order chi connectivity index (χ1) is 11.7. The fraction of sp³-hybridized carbons (Fsp3) is 0.611. The van der Waals surface area contributed by atoms with Gasteiger partial charge in [-0.15, -0.1) is 0 Å². The predicted molar refractivity (Wildman–Crippen MR) is 101 cm³/mol. The Bertz CT molecular complexity index is 702. The largest absolute Gasteiger partial charge is 0.324 e. The summed E-state index contributed by atoms with van der Waals surface area (Å²) in [7, 11) is -2.06. The van der Waals surface area contributed by atoms with Crippen molar-refractivity contribution in [1.82, 2.24) is 9.03 Å². The summed E-state index contributed by atoms with van der Waals surface area (Å²) < 4.78 is 28.6. The van der Waals surface area contributed by atoms with Gasteiger partial charge in [0.05, 0.1) is 6.54 Å². The van der Waals surface area contributed by atoms with Crippen molar-refractivity contribution >= 4 is 21.8 Å². The zero-order valence-electron chi connectivity index (χ0n) is 15.6. The average molecular weight is 368 g/mol. The van der Waals surface area contributed by atoms with E-state index in [1.807, 2.05) is 32.9 Å². The van der Waals surface area contributed by atoms with Crippen LogP contribution < -0.4 is 10.0 Å². The molecular weight excluding hydrogens is 338 g/mol. The van der Waals surface area contributed by atoms with E-state index in [2.05, 4.69) is 10.0 Å². The summed E-state index contributed by atoms with van der Waals surface area (Å²) in [6.45, 7) is 5.58. The lowest BCUT2D eigenvalue weighted by Gasteiger charge is -2.30. The highest BCUT2D eigenvalue weighted by Crippen LogP contribution is 2.23. The lowest BCUT2D eigenvalue weighted by molar-refractivity contribution is -0.115. The molecule has 0 aromatic heterocycles. The molecule has 0 bridgehead atoms. The summed E-state index contributed by atoms with van der Waals surface area (Å²) in [6, 6.07) is 4.00. The fourth-order valence-electron chi connectivity index (χ4n) is 3.46. The number of carbonyl (C=O) groups excluding carboxylic acids is 1. The number of aryl methyl sites for hydroxylation is 3. The van der Waals surface area contributed by atoms with E-state index in [1.165, 1.54) is 4.31 Å². The Kier molecular flexibility index (Phi) is 6.59. The van der Waals surface area contributed by atoms with E-state index < -0.39 is 10.2 Å². The normalized spacial score (nSPS) is 16.2. The van der Waals surface area contributed by atoms with Gasteiger partial charge in [-0.3, -0.25) is 4.79 Å². The summed E-state index contributed by atoms with van der Waals surface area (Å²) >= 11 is 0. The molecule has 0 saturated heterocycles. The maximum absolute atomic E-state index is 12.4. The molecular formula is C18H29N3O3S. The third-order valence-corrected chi connectivity index (χ3v) is 6.39. The molecule has 25 heavy (non-hydrogen) atoms. The second kappa shape index (κ2) is 8.29. The summed E-state index contributed by atoms with van der Waals surface area (Å²) in [5, 5.41) is 2.81. The van der Waals surface area contributed by atoms with Crippen molar-refractivity contribution in [3.8, 4) is 0 Å². The molecule has 0 unspecified atom stereocenters. The maximum Gasteiger partial charge on any atom is 0.279 e. The first-order valence-corrected chi connectivity index (χ1v) is 10.2. The van der Waals surface area contributed by atoms with Gasteiger partial charge in [-0.1, -0.05) is 37.0 Å². The van der Waals surface area contributed by atoms with Gasteiger partial charge < -0.3 is 5.32 Å². The summed E-state index contributed by atoms with van der Waals surface area (Å²) in [6.07, 6.45) is 5.03. The van der Waals surface area contributed by atoms with Crippen molar-refractivity contribution in [2.75, 3.05) is 18.9 Å². The van der Waals surface area contributed by atoms with E-state index in [4.69, 9.17) is 0 Å². The molecule has 6 nitrogen and oxygen atoms in total. The zero-order valence-corrected chi connectivity index (χ0v) is 16.4. The number of carbonyl (C=O) groups is 1. The molecule has 0 radical (unpaired) electrons. The van der Waals surface area contributed by atoms with Crippen LogP contribution in [0.2, 0.25) is 0 Å². The first kappa shape index (κ1) is 19.9. The molecule has 1 aliphatic carbocycles. The Hall–Kier alpha value is -1.44. The third kappa shape index (κ3) is 5.26. The number of benzene rings is 1.